The highest BCUT2D eigenvalue weighted by Crippen LogP contribution is 2.22. The lowest BCUT2D eigenvalue weighted by atomic mass is 10.2. The standard InChI is InChI=1S/C20H46NO3Si.ClH/c1-7-13-21(14-8-2,15-9-3)16-20-25(22-17-10-4,23-18-11-5)24-19-12-6;/h7-20H2,1-6H3;1H/q+1;/p-1. The zero-order chi connectivity index (χ0) is 19.0. The number of quaternary nitrogens is 1. The van der Waals surface area contributed by atoms with Gasteiger partial charge in [0.15, 0.2) is 0 Å². The Morgan fingerprint density at radius 1 is 0.538 bits per heavy atom. The molecule has 0 spiro atoms. The Hall–Kier alpha value is 0.347. The summed E-state index contributed by atoms with van der Waals surface area (Å²) in [6, 6.07) is 0.951. The van der Waals surface area contributed by atoms with Gasteiger partial charge in [0.05, 0.1) is 32.2 Å². The maximum Gasteiger partial charge on any atom is 0.506 e. The molecule has 0 heterocycles. The monoisotopic (exact) mass is 411 g/mol. The summed E-state index contributed by atoms with van der Waals surface area (Å²) in [5, 5.41) is 0. The fourth-order valence-electron chi connectivity index (χ4n) is 3.58. The molecule has 0 N–H and O–H groups in total. The quantitative estimate of drug-likeness (QED) is 0.256. The summed E-state index contributed by atoms with van der Waals surface area (Å²) in [4.78, 5) is 0. The van der Waals surface area contributed by atoms with Crippen LogP contribution < -0.4 is 12.4 Å². The highest BCUT2D eigenvalue weighted by atomic mass is 35.5. The second-order valence-electron chi connectivity index (χ2n) is 7.21. The molecular weight excluding hydrogens is 366 g/mol. The summed E-state index contributed by atoms with van der Waals surface area (Å²) < 4.78 is 20.1. The van der Waals surface area contributed by atoms with Gasteiger partial charge in [-0.2, -0.15) is 0 Å². The number of halogens is 1. The average Bonchev–Trinajstić information content (AvgIpc) is 2.61. The molecule has 0 bridgehead atoms. The van der Waals surface area contributed by atoms with E-state index in [0.29, 0.717) is 0 Å². The van der Waals surface area contributed by atoms with Crippen LogP contribution in [0.5, 0.6) is 0 Å². The average molecular weight is 412 g/mol. The van der Waals surface area contributed by atoms with Gasteiger partial charge in [0.25, 0.3) is 0 Å². The summed E-state index contributed by atoms with van der Waals surface area (Å²) in [6.45, 7) is 20.5. The smallest absolute Gasteiger partial charge is 0.506 e. The van der Waals surface area contributed by atoms with E-state index in [1.54, 1.807) is 0 Å². The van der Waals surface area contributed by atoms with Gasteiger partial charge in [0, 0.05) is 19.8 Å². The first-order valence-electron chi connectivity index (χ1n) is 10.8. The molecule has 0 saturated carbocycles. The third-order valence-electron chi connectivity index (χ3n) is 4.56. The molecule has 0 aliphatic carbocycles. The fourth-order valence-corrected chi connectivity index (χ4v) is 6.56. The Morgan fingerprint density at radius 3 is 1.15 bits per heavy atom. The van der Waals surface area contributed by atoms with E-state index in [4.69, 9.17) is 13.3 Å². The van der Waals surface area contributed by atoms with E-state index in [9.17, 15) is 0 Å². The molecular formula is C20H46ClNO3Si. The molecule has 4 nitrogen and oxygen atoms in total. The van der Waals surface area contributed by atoms with E-state index in [0.717, 1.165) is 51.7 Å². The zero-order valence-electron chi connectivity index (χ0n) is 18.4. The van der Waals surface area contributed by atoms with Crippen molar-refractivity contribution in [2.24, 2.45) is 0 Å². The topological polar surface area (TPSA) is 27.7 Å². The van der Waals surface area contributed by atoms with Crippen molar-refractivity contribution < 1.29 is 30.2 Å². The number of rotatable bonds is 18. The predicted molar refractivity (Wildman–Crippen MR) is 110 cm³/mol. The maximum atomic E-state index is 6.30. The first kappa shape index (κ1) is 28.6. The van der Waals surface area contributed by atoms with E-state index >= 15 is 0 Å². The Kier molecular flexibility index (Phi) is 19.2. The highest BCUT2D eigenvalue weighted by Gasteiger charge is 2.44. The van der Waals surface area contributed by atoms with Crippen LogP contribution in [0.4, 0.5) is 0 Å². The molecule has 0 saturated heterocycles. The van der Waals surface area contributed by atoms with Crippen LogP contribution in [0.1, 0.15) is 80.1 Å². The molecule has 0 aliphatic heterocycles. The molecule has 160 valence electrons. The molecule has 26 heavy (non-hydrogen) atoms. The van der Waals surface area contributed by atoms with Crippen LogP contribution in [0.2, 0.25) is 6.04 Å². The Bertz CT molecular complexity index is 270. The summed E-state index contributed by atoms with van der Waals surface area (Å²) in [5.41, 5.74) is 0. The van der Waals surface area contributed by atoms with E-state index in [1.165, 1.54) is 43.4 Å². The van der Waals surface area contributed by atoms with E-state index < -0.39 is 8.80 Å². The van der Waals surface area contributed by atoms with Crippen LogP contribution in [-0.2, 0) is 13.3 Å². The van der Waals surface area contributed by atoms with Gasteiger partial charge in [0.1, 0.15) is 0 Å². The van der Waals surface area contributed by atoms with Gasteiger partial charge in [0.2, 0.25) is 0 Å². The van der Waals surface area contributed by atoms with Gasteiger partial charge in [-0.25, -0.2) is 0 Å². The number of hydrogen-bond acceptors (Lipinski definition) is 3. The van der Waals surface area contributed by atoms with Gasteiger partial charge in [-0.05, 0) is 38.5 Å². The number of hydrogen-bond donors (Lipinski definition) is 0. The van der Waals surface area contributed by atoms with Crippen molar-refractivity contribution in [1.82, 2.24) is 0 Å². The van der Waals surface area contributed by atoms with Crippen LogP contribution >= 0.6 is 0 Å². The lowest BCUT2D eigenvalue weighted by molar-refractivity contribution is -0.926. The molecule has 0 radical (unpaired) electrons. The van der Waals surface area contributed by atoms with Gasteiger partial charge < -0.3 is 30.2 Å². The molecule has 0 unspecified atom stereocenters. The summed E-state index contributed by atoms with van der Waals surface area (Å²) in [7, 11) is -2.57. The second kappa shape index (κ2) is 17.4. The Morgan fingerprint density at radius 2 is 0.885 bits per heavy atom. The molecule has 0 aromatic heterocycles. The molecule has 0 aliphatic rings. The molecule has 0 rings (SSSR count). The predicted octanol–water partition coefficient (Wildman–Crippen LogP) is 2.26. The minimum atomic E-state index is -2.57. The van der Waals surface area contributed by atoms with Crippen LogP contribution in [0, 0.1) is 0 Å². The van der Waals surface area contributed by atoms with Gasteiger partial charge in [-0.1, -0.05) is 41.5 Å². The first-order chi connectivity index (χ1) is 12.1. The molecule has 0 fully saturated rings. The maximum absolute atomic E-state index is 6.30. The molecule has 0 atom stereocenters. The van der Waals surface area contributed by atoms with Crippen LogP contribution in [0.25, 0.3) is 0 Å². The minimum absolute atomic E-state index is 0. The molecule has 0 aromatic carbocycles. The lowest BCUT2D eigenvalue weighted by Gasteiger charge is -2.40. The summed E-state index contributed by atoms with van der Waals surface area (Å²) >= 11 is 0. The summed E-state index contributed by atoms with van der Waals surface area (Å²) in [5.74, 6) is 0. The van der Waals surface area contributed by atoms with Crippen molar-refractivity contribution in [3.63, 3.8) is 0 Å². The minimum Gasteiger partial charge on any atom is -1.00 e. The van der Waals surface area contributed by atoms with Crippen LogP contribution in [0.15, 0.2) is 0 Å². The van der Waals surface area contributed by atoms with Gasteiger partial charge >= 0.3 is 8.80 Å². The van der Waals surface area contributed by atoms with Gasteiger partial charge in [-0.15, -0.1) is 0 Å². The highest BCUT2D eigenvalue weighted by molar-refractivity contribution is 6.60. The van der Waals surface area contributed by atoms with Crippen LogP contribution in [-0.4, -0.2) is 59.3 Å². The van der Waals surface area contributed by atoms with E-state index in [1.807, 2.05) is 0 Å². The zero-order valence-corrected chi connectivity index (χ0v) is 20.2. The van der Waals surface area contributed by atoms with Crippen molar-refractivity contribution >= 4 is 8.80 Å². The van der Waals surface area contributed by atoms with Crippen molar-refractivity contribution in [3.05, 3.63) is 0 Å². The Labute approximate surface area is 171 Å². The third kappa shape index (κ3) is 11.2. The Balaban J connectivity index is 0. The van der Waals surface area contributed by atoms with Crippen molar-refractivity contribution in [2.45, 2.75) is 86.1 Å². The van der Waals surface area contributed by atoms with Gasteiger partial charge in [-0.3, -0.25) is 0 Å². The summed E-state index contributed by atoms with van der Waals surface area (Å²) in [6.07, 6.45) is 6.73. The first-order valence-corrected chi connectivity index (χ1v) is 12.8. The molecule has 0 amide bonds. The second-order valence-corrected chi connectivity index (χ2v) is 9.95. The largest absolute Gasteiger partial charge is 1.00 e. The van der Waals surface area contributed by atoms with Crippen molar-refractivity contribution in [3.8, 4) is 0 Å². The van der Waals surface area contributed by atoms with Crippen molar-refractivity contribution in [1.29, 1.82) is 0 Å². The third-order valence-corrected chi connectivity index (χ3v) is 7.33. The van der Waals surface area contributed by atoms with E-state index in [-0.39, 0.29) is 12.4 Å². The SMILES string of the molecule is CCCO[Si](CC[N+](CCC)(CCC)CCC)(OCCC)OCCC.[Cl-]. The van der Waals surface area contributed by atoms with E-state index in [2.05, 4.69) is 41.5 Å². The fraction of sp³-hybridized carbons (Fsp3) is 1.00. The lowest BCUT2D eigenvalue weighted by Crippen LogP contribution is -3.00. The van der Waals surface area contributed by atoms with Crippen molar-refractivity contribution in [2.75, 3.05) is 46.0 Å². The van der Waals surface area contributed by atoms with Crippen LogP contribution in [0.3, 0.4) is 0 Å². The normalized spacial score (nSPS) is 12.2. The molecule has 0 aromatic rings. The molecule has 6 heteroatoms. The number of nitrogens with zero attached hydrogens (tertiary/aromatic N) is 1.